The molecule has 3 aliphatic heterocycles. The number of ketones is 1. The fourth-order valence-electron chi connectivity index (χ4n) is 5.56. The second-order valence-electron chi connectivity index (χ2n) is 10.3. The molecule has 17 heteroatoms. The van der Waals surface area contributed by atoms with Crippen LogP contribution in [0.3, 0.4) is 0 Å². The van der Waals surface area contributed by atoms with Gasteiger partial charge in [-0.2, -0.15) is 0 Å². The molecule has 0 aliphatic carbocycles. The Bertz CT molecular complexity index is 1210. The second-order valence-corrected chi connectivity index (χ2v) is 10.3. The zero-order valence-electron chi connectivity index (χ0n) is 22.0. The molecular formula is C23H35N5O12. The van der Waals surface area contributed by atoms with Gasteiger partial charge in [0.15, 0.2) is 18.3 Å². The normalized spacial score (nSPS) is 39.9. The van der Waals surface area contributed by atoms with E-state index in [0.717, 1.165) is 21.7 Å². The van der Waals surface area contributed by atoms with Crippen molar-refractivity contribution in [3.8, 4) is 0 Å². The lowest BCUT2D eigenvalue weighted by Gasteiger charge is -2.38. The summed E-state index contributed by atoms with van der Waals surface area (Å²) >= 11 is 0. The van der Waals surface area contributed by atoms with Gasteiger partial charge in [0, 0.05) is 32.4 Å². The number of nitrogens with two attached hydrogens (primary N) is 1. The highest BCUT2D eigenvalue weighted by Crippen LogP contribution is 2.36. The smallest absolute Gasteiger partial charge is 0.330 e. The van der Waals surface area contributed by atoms with E-state index in [1.165, 1.54) is 25.9 Å². The van der Waals surface area contributed by atoms with Gasteiger partial charge in [0.1, 0.15) is 54.8 Å². The van der Waals surface area contributed by atoms with Crippen molar-refractivity contribution in [2.75, 3.05) is 27.2 Å². The lowest BCUT2D eigenvalue weighted by atomic mass is 9.97. The van der Waals surface area contributed by atoms with E-state index in [4.69, 9.17) is 19.9 Å². The van der Waals surface area contributed by atoms with Crippen molar-refractivity contribution in [1.82, 2.24) is 19.4 Å². The van der Waals surface area contributed by atoms with Crippen molar-refractivity contribution in [1.29, 1.82) is 0 Å². The minimum atomic E-state index is -1.79. The molecule has 4 heterocycles. The molecule has 1 amide bonds. The number of nitrogens with zero attached hydrogens (tertiary/aromatic N) is 3. The predicted molar refractivity (Wildman–Crippen MR) is 132 cm³/mol. The van der Waals surface area contributed by atoms with Gasteiger partial charge in [0.25, 0.3) is 5.56 Å². The molecule has 1 aromatic rings. The van der Waals surface area contributed by atoms with Gasteiger partial charge in [-0.25, -0.2) is 4.79 Å². The van der Waals surface area contributed by atoms with Crippen LogP contribution in [0, 0.1) is 0 Å². The topological polar surface area (TPSA) is 250 Å². The fraction of sp³-hybridized carbons (Fsp3) is 0.739. The van der Waals surface area contributed by atoms with Crippen LogP contribution in [0.2, 0.25) is 0 Å². The minimum Gasteiger partial charge on any atom is -0.389 e. The zero-order chi connectivity index (χ0) is 29.6. The first-order valence-electron chi connectivity index (χ1n) is 12.6. The van der Waals surface area contributed by atoms with E-state index in [2.05, 4.69) is 0 Å². The van der Waals surface area contributed by atoms with Gasteiger partial charge in [-0.15, -0.1) is 0 Å². The summed E-state index contributed by atoms with van der Waals surface area (Å²) in [4.78, 5) is 54.4. The third-order valence-electron chi connectivity index (χ3n) is 7.63. The first-order chi connectivity index (χ1) is 18.8. The number of aliphatic hydroxyl groups excluding tert-OH is 5. The molecule has 0 saturated carbocycles. The Morgan fingerprint density at radius 3 is 2.35 bits per heavy atom. The second kappa shape index (κ2) is 11.7. The molecule has 12 atom stereocenters. The molecule has 4 rings (SSSR count). The Hall–Kier alpha value is -2.58. The summed E-state index contributed by atoms with van der Waals surface area (Å²) in [5.74, 6) is -1.22. The molecule has 1 aromatic heterocycles. The molecule has 40 heavy (non-hydrogen) atoms. The van der Waals surface area contributed by atoms with Crippen LogP contribution in [-0.4, -0.2) is 151 Å². The number of nitrogens with one attached hydrogen (secondary N) is 1. The monoisotopic (exact) mass is 573 g/mol. The summed E-state index contributed by atoms with van der Waals surface area (Å²) in [5.41, 5.74) is 3.95. The van der Waals surface area contributed by atoms with E-state index in [1.807, 2.05) is 4.98 Å². The van der Waals surface area contributed by atoms with E-state index in [0.29, 0.717) is 0 Å². The van der Waals surface area contributed by atoms with E-state index in [1.54, 1.807) is 0 Å². The van der Waals surface area contributed by atoms with Crippen molar-refractivity contribution in [2.45, 2.75) is 80.4 Å². The standard InChI is InChI=1S/C23H35N5O12/c1-8(29)12-9(30)7-26(2)13(20(36)27(12)3)18(40-22-17(35)14(32)10(6-24)38-22)19-15(33)16(34)21(39-19)28-5-4-11(31)25-23(28)37/h4-5,9-10,12-19,21-22,30,32-35H,6-7,24H2,1-3H3,(H,25,31,37)/t9-,10?,12?,13-,14?,15?,16?,17?,18-,19?,21?,22?/m0/s1. The number of ether oxygens (including phenoxy) is 3. The van der Waals surface area contributed by atoms with Gasteiger partial charge in [-0.1, -0.05) is 0 Å². The molecule has 3 saturated heterocycles. The zero-order valence-corrected chi connectivity index (χ0v) is 22.0. The van der Waals surface area contributed by atoms with Crippen LogP contribution in [0.4, 0.5) is 0 Å². The first kappa shape index (κ1) is 30.4. The lowest BCUT2D eigenvalue weighted by molar-refractivity contribution is -0.233. The summed E-state index contributed by atoms with van der Waals surface area (Å²) in [5, 5.41) is 53.5. The number of carbonyl (C=O) groups is 2. The highest BCUT2D eigenvalue weighted by Gasteiger charge is 2.56. The van der Waals surface area contributed by atoms with Gasteiger partial charge < -0.3 is 50.4 Å². The number of amides is 1. The number of hydrogen-bond donors (Lipinski definition) is 7. The van der Waals surface area contributed by atoms with Crippen LogP contribution >= 0.6 is 0 Å². The quantitative estimate of drug-likeness (QED) is 0.160. The number of likely N-dealkylation sites (N-methyl/N-ethyl adjacent to an activating group) is 2. The van der Waals surface area contributed by atoms with Crippen LogP contribution in [-0.2, 0) is 23.8 Å². The number of hydrogen-bond acceptors (Lipinski definition) is 14. The van der Waals surface area contributed by atoms with Crippen molar-refractivity contribution >= 4 is 11.7 Å². The molecule has 224 valence electrons. The summed E-state index contributed by atoms with van der Waals surface area (Å²) in [6.45, 7) is 0.829. The minimum absolute atomic E-state index is 0.182. The van der Waals surface area contributed by atoms with Crippen molar-refractivity contribution in [3.05, 3.63) is 33.1 Å². The maximum atomic E-state index is 13.8. The van der Waals surface area contributed by atoms with Crippen molar-refractivity contribution in [2.24, 2.45) is 5.73 Å². The van der Waals surface area contributed by atoms with Gasteiger partial charge in [-0.3, -0.25) is 28.8 Å². The predicted octanol–water partition coefficient (Wildman–Crippen LogP) is -5.96. The van der Waals surface area contributed by atoms with E-state index in [-0.39, 0.29) is 13.1 Å². The summed E-state index contributed by atoms with van der Waals surface area (Å²) in [6, 6.07) is -1.60. The van der Waals surface area contributed by atoms with Crippen molar-refractivity contribution < 1.29 is 49.3 Å². The number of aromatic nitrogens is 2. The number of aromatic amines is 1. The summed E-state index contributed by atoms with van der Waals surface area (Å²) < 4.78 is 18.2. The van der Waals surface area contributed by atoms with Crippen molar-refractivity contribution in [3.63, 3.8) is 0 Å². The van der Waals surface area contributed by atoms with Gasteiger partial charge in [0.2, 0.25) is 5.91 Å². The maximum Gasteiger partial charge on any atom is 0.330 e. The van der Waals surface area contributed by atoms with Crippen LogP contribution in [0.5, 0.6) is 0 Å². The molecule has 8 N–H and O–H groups in total. The van der Waals surface area contributed by atoms with Crippen LogP contribution in [0.1, 0.15) is 13.2 Å². The Balaban J connectivity index is 1.75. The molecule has 0 radical (unpaired) electrons. The van der Waals surface area contributed by atoms with Crippen LogP contribution < -0.4 is 17.0 Å². The summed E-state index contributed by atoms with van der Waals surface area (Å²) in [6.07, 6.45) is -14.1. The molecule has 0 aromatic carbocycles. The Morgan fingerprint density at radius 1 is 1.10 bits per heavy atom. The molecular weight excluding hydrogens is 538 g/mol. The SMILES string of the molecule is CC(=O)C1[C@@H](O)CN(C)[C@@H]([C@H](OC2OC(CN)C(O)C2O)C2OC(n3ccc(=O)[nH]c3=O)C(O)C2O)C(=O)N1C. The van der Waals surface area contributed by atoms with E-state index >= 15 is 0 Å². The summed E-state index contributed by atoms with van der Waals surface area (Å²) in [7, 11) is 2.75. The molecule has 0 spiro atoms. The highest BCUT2D eigenvalue weighted by molar-refractivity contribution is 5.91. The lowest BCUT2D eigenvalue weighted by Crippen LogP contribution is -2.59. The third-order valence-corrected chi connectivity index (χ3v) is 7.63. The van der Waals surface area contributed by atoms with Gasteiger partial charge in [-0.05, 0) is 14.0 Å². The molecule has 3 aliphatic rings. The average molecular weight is 574 g/mol. The van der Waals surface area contributed by atoms with Gasteiger partial charge >= 0.3 is 5.69 Å². The number of H-pyrrole nitrogens is 1. The largest absolute Gasteiger partial charge is 0.389 e. The average Bonchev–Trinajstić information content (AvgIpc) is 3.29. The first-order valence-corrected chi connectivity index (χ1v) is 12.6. The number of β-amino-alcohol motifs (C(OH)–C–C–N with tert-alkyl or cyclic N) is 1. The molecule has 9 unspecified atom stereocenters. The number of Topliss-reactive ketones (excluding diaryl/α,β-unsaturated/α-hetero) is 1. The van der Waals surface area contributed by atoms with Crippen LogP contribution in [0.15, 0.2) is 21.9 Å². The molecule has 3 fully saturated rings. The highest BCUT2D eigenvalue weighted by atomic mass is 16.7. The van der Waals surface area contributed by atoms with E-state index < -0.39 is 96.4 Å². The van der Waals surface area contributed by atoms with E-state index in [9.17, 15) is 44.7 Å². The molecule has 0 bridgehead atoms. The Labute approximate surface area is 227 Å². The Kier molecular flexibility index (Phi) is 8.91. The number of carbonyl (C=O) groups excluding carboxylic acids is 2. The van der Waals surface area contributed by atoms with Crippen LogP contribution in [0.25, 0.3) is 0 Å². The fourth-order valence-corrected chi connectivity index (χ4v) is 5.56. The maximum absolute atomic E-state index is 13.8. The number of rotatable bonds is 7. The number of aliphatic hydroxyl groups is 5. The Morgan fingerprint density at radius 2 is 1.77 bits per heavy atom. The molecule has 17 nitrogen and oxygen atoms in total. The third kappa shape index (κ3) is 5.37. The van der Waals surface area contributed by atoms with Gasteiger partial charge in [0.05, 0.1) is 6.10 Å².